The van der Waals surface area contributed by atoms with Crippen molar-refractivity contribution in [2.45, 2.75) is 39.8 Å². The van der Waals surface area contributed by atoms with Crippen LogP contribution in [0.15, 0.2) is 21.9 Å². The van der Waals surface area contributed by atoms with Crippen molar-refractivity contribution in [1.29, 1.82) is 0 Å². The molecule has 0 aromatic carbocycles. The van der Waals surface area contributed by atoms with Gasteiger partial charge in [-0.05, 0) is 23.8 Å². The van der Waals surface area contributed by atoms with Crippen LogP contribution in [-0.4, -0.2) is 10.2 Å². The Hall–Kier alpha value is -1.20. The predicted octanol–water partition coefficient (Wildman–Crippen LogP) is 3.32. The standard InChI is InChI=1S/C13H19N3OS/c1-9(2)7-11(12-5-4-6-18-12)14-8-13-16-15-10(3)17-13/h4-6,9,11,14H,7-8H2,1-3H3/t11-/m0/s1. The molecule has 0 aliphatic carbocycles. The molecule has 18 heavy (non-hydrogen) atoms. The molecule has 0 saturated heterocycles. The fourth-order valence-electron chi connectivity index (χ4n) is 1.88. The lowest BCUT2D eigenvalue weighted by Gasteiger charge is -2.18. The molecule has 2 heterocycles. The number of thiophene rings is 1. The quantitative estimate of drug-likeness (QED) is 0.870. The van der Waals surface area contributed by atoms with E-state index in [0.717, 1.165) is 6.42 Å². The number of nitrogens with one attached hydrogen (secondary N) is 1. The van der Waals surface area contributed by atoms with Crippen LogP contribution in [0, 0.1) is 12.8 Å². The molecule has 2 rings (SSSR count). The minimum absolute atomic E-state index is 0.359. The maximum atomic E-state index is 5.37. The summed E-state index contributed by atoms with van der Waals surface area (Å²) in [5, 5.41) is 13.4. The Kier molecular flexibility index (Phi) is 4.49. The Balaban J connectivity index is 1.97. The second kappa shape index (κ2) is 6.11. The molecule has 0 radical (unpaired) electrons. The molecular weight excluding hydrogens is 246 g/mol. The van der Waals surface area contributed by atoms with E-state index in [1.807, 2.05) is 0 Å². The van der Waals surface area contributed by atoms with E-state index in [1.165, 1.54) is 4.88 Å². The van der Waals surface area contributed by atoms with Crippen LogP contribution in [-0.2, 0) is 6.54 Å². The molecule has 0 aliphatic rings. The summed E-state index contributed by atoms with van der Waals surface area (Å²) in [7, 11) is 0. The second-order valence-electron chi connectivity index (χ2n) is 4.79. The van der Waals surface area contributed by atoms with Crippen LogP contribution in [0.3, 0.4) is 0 Å². The van der Waals surface area contributed by atoms with Crippen molar-refractivity contribution in [3.63, 3.8) is 0 Å². The van der Waals surface area contributed by atoms with E-state index in [4.69, 9.17) is 4.42 Å². The van der Waals surface area contributed by atoms with Crippen molar-refractivity contribution in [3.8, 4) is 0 Å². The first kappa shape index (κ1) is 13.2. The van der Waals surface area contributed by atoms with Gasteiger partial charge in [-0.25, -0.2) is 0 Å². The molecule has 0 unspecified atom stereocenters. The van der Waals surface area contributed by atoms with Gasteiger partial charge in [-0.2, -0.15) is 0 Å². The minimum atomic E-state index is 0.359. The second-order valence-corrected chi connectivity index (χ2v) is 5.77. The largest absolute Gasteiger partial charge is 0.424 e. The SMILES string of the molecule is Cc1nnc(CN[C@@H](CC(C)C)c2cccs2)o1. The third-order valence-electron chi connectivity index (χ3n) is 2.66. The van der Waals surface area contributed by atoms with Crippen molar-refractivity contribution >= 4 is 11.3 Å². The van der Waals surface area contributed by atoms with Gasteiger partial charge in [-0.3, -0.25) is 0 Å². The maximum Gasteiger partial charge on any atom is 0.230 e. The van der Waals surface area contributed by atoms with Gasteiger partial charge in [0.15, 0.2) is 0 Å². The topological polar surface area (TPSA) is 51.0 Å². The number of hydrogen-bond acceptors (Lipinski definition) is 5. The highest BCUT2D eigenvalue weighted by Gasteiger charge is 2.15. The summed E-state index contributed by atoms with van der Waals surface area (Å²) >= 11 is 1.78. The average molecular weight is 265 g/mol. The Morgan fingerprint density at radius 2 is 2.22 bits per heavy atom. The molecule has 0 spiro atoms. The van der Waals surface area contributed by atoms with Gasteiger partial charge >= 0.3 is 0 Å². The fraction of sp³-hybridized carbons (Fsp3) is 0.538. The van der Waals surface area contributed by atoms with Crippen molar-refractivity contribution in [2.24, 2.45) is 5.92 Å². The molecule has 0 fully saturated rings. The van der Waals surface area contributed by atoms with E-state index in [1.54, 1.807) is 18.3 Å². The summed E-state index contributed by atoms with van der Waals surface area (Å²) in [4.78, 5) is 1.36. The van der Waals surface area contributed by atoms with Gasteiger partial charge in [0, 0.05) is 17.8 Å². The summed E-state index contributed by atoms with van der Waals surface area (Å²) in [6.45, 7) is 6.90. The third-order valence-corrected chi connectivity index (χ3v) is 3.65. The van der Waals surface area contributed by atoms with Crippen molar-refractivity contribution < 1.29 is 4.42 Å². The van der Waals surface area contributed by atoms with Crippen LogP contribution >= 0.6 is 11.3 Å². The summed E-state index contributed by atoms with van der Waals surface area (Å²) in [6, 6.07) is 4.62. The number of hydrogen-bond donors (Lipinski definition) is 1. The first-order chi connectivity index (χ1) is 8.65. The molecule has 0 amide bonds. The summed E-state index contributed by atoms with van der Waals surface area (Å²) in [6.07, 6.45) is 1.10. The maximum absolute atomic E-state index is 5.37. The van der Waals surface area contributed by atoms with Gasteiger partial charge in [-0.15, -0.1) is 21.5 Å². The zero-order valence-electron chi connectivity index (χ0n) is 11.0. The number of aryl methyl sites for hydroxylation is 1. The number of rotatable bonds is 6. The van der Waals surface area contributed by atoms with Crippen LogP contribution in [0.1, 0.15) is 43.0 Å². The van der Waals surface area contributed by atoms with E-state index >= 15 is 0 Å². The zero-order chi connectivity index (χ0) is 13.0. The van der Waals surface area contributed by atoms with Crippen LogP contribution in [0.2, 0.25) is 0 Å². The molecule has 0 aliphatic heterocycles. The first-order valence-corrected chi connectivity index (χ1v) is 7.09. The Morgan fingerprint density at radius 1 is 1.39 bits per heavy atom. The van der Waals surface area contributed by atoms with Gasteiger partial charge in [0.25, 0.3) is 0 Å². The van der Waals surface area contributed by atoms with Gasteiger partial charge in [0.05, 0.1) is 6.54 Å². The van der Waals surface area contributed by atoms with Crippen LogP contribution < -0.4 is 5.32 Å². The van der Waals surface area contributed by atoms with Crippen molar-refractivity contribution in [1.82, 2.24) is 15.5 Å². The van der Waals surface area contributed by atoms with Gasteiger partial charge in [0.2, 0.25) is 11.8 Å². The Bertz CT molecular complexity index is 464. The van der Waals surface area contributed by atoms with Gasteiger partial charge in [-0.1, -0.05) is 19.9 Å². The Labute approximate surface area is 111 Å². The monoisotopic (exact) mass is 265 g/mol. The smallest absolute Gasteiger partial charge is 0.230 e. The van der Waals surface area contributed by atoms with E-state index < -0.39 is 0 Å². The molecule has 1 atom stereocenters. The summed E-state index contributed by atoms with van der Waals surface area (Å²) < 4.78 is 5.37. The molecule has 4 nitrogen and oxygen atoms in total. The van der Waals surface area contributed by atoms with Crippen LogP contribution in [0.5, 0.6) is 0 Å². The van der Waals surface area contributed by atoms with E-state index in [9.17, 15) is 0 Å². The highest BCUT2D eigenvalue weighted by Crippen LogP contribution is 2.25. The molecule has 5 heteroatoms. The van der Waals surface area contributed by atoms with E-state index in [0.29, 0.717) is 30.3 Å². The molecule has 0 bridgehead atoms. The number of nitrogens with zero attached hydrogens (tertiary/aromatic N) is 2. The molecule has 1 N–H and O–H groups in total. The molecule has 2 aromatic rings. The molecule has 2 aromatic heterocycles. The normalized spacial score (nSPS) is 13.1. The minimum Gasteiger partial charge on any atom is -0.424 e. The lowest BCUT2D eigenvalue weighted by Crippen LogP contribution is -2.21. The van der Waals surface area contributed by atoms with Gasteiger partial charge in [0.1, 0.15) is 0 Å². The summed E-state index contributed by atoms with van der Waals surface area (Å²) in [5.74, 6) is 1.91. The Morgan fingerprint density at radius 3 is 2.78 bits per heavy atom. The van der Waals surface area contributed by atoms with Crippen LogP contribution in [0.25, 0.3) is 0 Å². The highest BCUT2D eigenvalue weighted by atomic mass is 32.1. The molecule has 0 saturated carbocycles. The molecular formula is C13H19N3OS. The lowest BCUT2D eigenvalue weighted by molar-refractivity contribution is 0.391. The van der Waals surface area contributed by atoms with Crippen molar-refractivity contribution in [3.05, 3.63) is 34.2 Å². The molecule has 98 valence electrons. The van der Waals surface area contributed by atoms with Crippen LogP contribution in [0.4, 0.5) is 0 Å². The van der Waals surface area contributed by atoms with E-state index in [-0.39, 0.29) is 0 Å². The van der Waals surface area contributed by atoms with Crippen molar-refractivity contribution in [2.75, 3.05) is 0 Å². The van der Waals surface area contributed by atoms with E-state index in [2.05, 4.69) is 46.9 Å². The average Bonchev–Trinajstić information content (AvgIpc) is 2.94. The summed E-state index contributed by atoms with van der Waals surface area (Å²) in [5.41, 5.74) is 0. The third kappa shape index (κ3) is 3.65. The first-order valence-electron chi connectivity index (χ1n) is 6.21. The lowest BCUT2D eigenvalue weighted by atomic mass is 10.0. The fourth-order valence-corrected chi connectivity index (χ4v) is 2.70. The highest BCUT2D eigenvalue weighted by molar-refractivity contribution is 7.10. The predicted molar refractivity (Wildman–Crippen MR) is 72.4 cm³/mol. The van der Waals surface area contributed by atoms with Gasteiger partial charge < -0.3 is 9.73 Å². The number of aromatic nitrogens is 2. The zero-order valence-corrected chi connectivity index (χ0v) is 11.8.